The maximum absolute atomic E-state index is 13.5. The summed E-state index contributed by atoms with van der Waals surface area (Å²) < 4.78 is 57.7. The minimum Gasteiger partial charge on any atom is -0.444 e. The Morgan fingerprint density at radius 1 is 1.19 bits per heavy atom. The summed E-state index contributed by atoms with van der Waals surface area (Å²) in [5, 5.41) is 2.54. The molecule has 0 bridgehead atoms. The van der Waals surface area contributed by atoms with Crippen LogP contribution in [-0.4, -0.2) is 41.5 Å². The Labute approximate surface area is 180 Å². The lowest BCUT2D eigenvalue weighted by atomic mass is 9.76. The molecule has 1 amide bonds. The van der Waals surface area contributed by atoms with Crippen molar-refractivity contribution in [3.63, 3.8) is 0 Å². The molecule has 11 heteroatoms. The highest BCUT2D eigenvalue weighted by Crippen LogP contribution is 2.39. The van der Waals surface area contributed by atoms with E-state index in [0.29, 0.717) is 0 Å². The van der Waals surface area contributed by atoms with Crippen molar-refractivity contribution in [3.05, 3.63) is 28.9 Å². The van der Waals surface area contributed by atoms with Gasteiger partial charge in [0.05, 0.1) is 11.2 Å². The second-order valence-corrected chi connectivity index (χ2v) is 9.33. The number of hydrogen-bond acceptors (Lipinski definition) is 6. The fourth-order valence-electron chi connectivity index (χ4n) is 2.71. The van der Waals surface area contributed by atoms with Crippen LogP contribution in [0.4, 0.5) is 23.8 Å². The number of nitrogens with two attached hydrogens (primary N) is 1. The average Bonchev–Trinajstić information content (AvgIpc) is 2.77. The van der Waals surface area contributed by atoms with Gasteiger partial charge in [-0.25, -0.2) is 9.78 Å². The van der Waals surface area contributed by atoms with Crippen molar-refractivity contribution in [3.8, 4) is 0 Å². The van der Waals surface area contributed by atoms with E-state index >= 15 is 0 Å². The molecule has 0 spiro atoms. The van der Waals surface area contributed by atoms with Gasteiger partial charge in [0.2, 0.25) is 0 Å². The Morgan fingerprint density at radius 3 is 2.23 bits per heavy atom. The molecule has 1 aromatic heterocycles. The number of carbonyl (C=O) groups is 1. The quantitative estimate of drug-likeness (QED) is 0.677. The van der Waals surface area contributed by atoms with Crippen LogP contribution < -0.4 is 11.1 Å². The van der Waals surface area contributed by atoms with Crippen LogP contribution in [0.15, 0.2) is 17.6 Å². The second-order valence-electron chi connectivity index (χ2n) is 9.33. The molecule has 1 aliphatic rings. The van der Waals surface area contributed by atoms with Crippen LogP contribution in [0.2, 0.25) is 0 Å². The maximum atomic E-state index is 13.5. The number of aromatic nitrogens is 1. The Hall–Kier alpha value is -2.27. The Morgan fingerprint density at radius 2 is 1.74 bits per heavy atom. The molecule has 7 nitrogen and oxygen atoms in total. The average molecular weight is 443 g/mol. The highest BCUT2D eigenvalue weighted by Gasteiger charge is 2.52. The van der Waals surface area contributed by atoms with Gasteiger partial charge in [-0.3, -0.25) is 0 Å². The van der Waals surface area contributed by atoms with Crippen LogP contribution in [0.1, 0.15) is 59.7 Å². The first-order valence-electron chi connectivity index (χ1n) is 9.78. The molecule has 1 aliphatic heterocycles. The number of hydrogen-bond donors (Lipinski definition) is 2. The number of anilines is 1. The highest BCUT2D eigenvalue weighted by molar-refractivity contribution is 6.56. The summed E-state index contributed by atoms with van der Waals surface area (Å²) in [5.74, 6) is -0.256. The monoisotopic (exact) mass is 443 g/mol. The molecule has 2 heterocycles. The number of amides is 1. The normalized spacial score (nSPS) is 18.8. The Balaban J connectivity index is 2.43. The largest absolute Gasteiger partial charge is 0.492 e. The summed E-state index contributed by atoms with van der Waals surface area (Å²) in [7, 11) is -0.987. The van der Waals surface area contributed by atoms with Crippen LogP contribution >= 0.6 is 0 Å². The van der Waals surface area contributed by atoms with Gasteiger partial charge in [0, 0.05) is 12.1 Å². The van der Waals surface area contributed by atoms with Crippen molar-refractivity contribution >= 4 is 25.1 Å². The molecule has 2 rings (SSSR count). The topological polar surface area (TPSA) is 95.7 Å². The number of alkyl halides is 3. The van der Waals surface area contributed by atoms with Crippen molar-refractivity contribution in [1.29, 1.82) is 0 Å². The molecule has 0 unspecified atom stereocenters. The predicted molar refractivity (Wildman–Crippen MR) is 112 cm³/mol. The number of nitrogens with zero attached hydrogens (tertiary/aromatic N) is 1. The van der Waals surface area contributed by atoms with E-state index in [1.165, 1.54) is 18.2 Å². The molecular formula is C20H29BF3N3O4. The molecule has 1 aromatic rings. The minimum atomic E-state index is -4.72. The molecule has 172 valence electrons. The second kappa shape index (κ2) is 8.35. The summed E-state index contributed by atoms with van der Waals surface area (Å²) in [6.45, 7) is 12.2. The number of ether oxygens (including phenoxy) is 1. The zero-order chi connectivity index (χ0) is 23.8. The number of nitrogens with one attached hydrogen (secondary N) is 1. The lowest BCUT2D eigenvalue weighted by Gasteiger charge is -2.32. The smallest absolute Gasteiger partial charge is 0.444 e. The Bertz CT molecular complexity index is 848. The van der Waals surface area contributed by atoms with Gasteiger partial charge in [-0.15, -0.1) is 0 Å². The molecule has 1 fully saturated rings. The van der Waals surface area contributed by atoms with E-state index in [4.69, 9.17) is 19.8 Å². The molecular weight excluding hydrogens is 414 g/mol. The molecule has 0 radical (unpaired) electrons. The van der Waals surface area contributed by atoms with Crippen LogP contribution in [0.25, 0.3) is 6.08 Å². The molecule has 31 heavy (non-hydrogen) atoms. The summed E-state index contributed by atoms with van der Waals surface area (Å²) in [4.78, 5) is 15.5. The molecule has 0 aliphatic carbocycles. The summed E-state index contributed by atoms with van der Waals surface area (Å²) in [5.41, 5.74) is 2.16. The van der Waals surface area contributed by atoms with E-state index in [2.05, 4.69) is 10.3 Å². The standard InChI is InChI=1S/C20H29BF3N3O4/c1-17(2,3)29-16(28)26-11-13(21-30-18(4,5)19(6,7)31-21)10-12-8-9-14(25)27-15(12)20(22,23)24/h8-10H,11H2,1-7H3,(H2,25,27)(H,26,28). The lowest BCUT2D eigenvalue weighted by Crippen LogP contribution is -2.41. The van der Waals surface area contributed by atoms with Crippen molar-refractivity contribution < 1.29 is 32.0 Å². The fraction of sp³-hybridized carbons (Fsp3) is 0.600. The first-order chi connectivity index (χ1) is 13.9. The summed E-state index contributed by atoms with van der Waals surface area (Å²) >= 11 is 0. The lowest BCUT2D eigenvalue weighted by molar-refractivity contribution is -0.141. The number of rotatable bonds is 4. The van der Waals surface area contributed by atoms with Crippen LogP contribution in [0.3, 0.4) is 0 Å². The number of pyridine rings is 1. The van der Waals surface area contributed by atoms with Crippen molar-refractivity contribution in [2.24, 2.45) is 0 Å². The Kier molecular flexibility index (Phi) is 6.73. The van der Waals surface area contributed by atoms with Gasteiger partial charge in [-0.05, 0) is 66.1 Å². The van der Waals surface area contributed by atoms with Gasteiger partial charge in [-0.1, -0.05) is 6.08 Å². The van der Waals surface area contributed by atoms with Crippen LogP contribution in [0, 0.1) is 0 Å². The van der Waals surface area contributed by atoms with Gasteiger partial charge in [-0.2, -0.15) is 13.2 Å². The van der Waals surface area contributed by atoms with E-state index in [1.807, 2.05) is 27.7 Å². The number of nitrogen functional groups attached to an aromatic ring is 1. The van der Waals surface area contributed by atoms with Gasteiger partial charge in [0.25, 0.3) is 0 Å². The zero-order valence-corrected chi connectivity index (χ0v) is 18.8. The number of carbonyl (C=O) groups excluding carboxylic acids is 1. The molecule has 0 saturated carbocycles. The van der Waals surface area contributed by atoms with E-state index in [-0.39, 0.29) is 23.4 Å². The van der Waals surface area contributed by atoms with E-state index in [1.54, 1.807) is 20.8 Å². The summed E-state index contributed by atoms with van der Waals surface area (Å²) in [6.07, 6.45) is -4.20. The third-order valence-corrected chi connectivity index (χ3v) is 4.95. The molecule has 1 saturated heterocycles. The maximum Gasteiger partial charge on any atom is 0.492 e. The third kappa shape index (κ3) is 6.36. The van der Waals surface area contributed by atoms with Gasteiger partial charge >= 0.3 is 19.4 Å². The predicted octanol–water partition coefficient (Wildman–Crippen LogP) is 4.22. The molecule has 3 N–H and O–H groups in total. The van der Waals surface area contributed by atoms with E-state index < -0.39 is 41.9 Å². The van der Waals surface area contributed by atoms with Crippen molar-refractivity contribution in [2.75, 3.05) is 12.3 Å². The summed E-state index contributed by atoms with van der Waals surface area (Å²) in [6, 6.07) is 2.48. The number of alkyl carbamates (subject to hydrolysis) is 1. The van der Waals surface area contributed by atoms with Crippen molar-refractivity contribution in [1.82, 2.24) is 10.3 Å². The SMILES string of the molecule is CC(C)(C)OC(=O)NCC(=Cc1ccc(N)nc1C(F)(F)F)B1OC(C)(C)C(C)(C)O1. The number of halogens is 3. The van der Waals surface area contributed by atoms with Gasteiger partial charge in [0.1, 0.15) is 11.4 Å². The first-order valence-corrected chi connectivity index (χ1v) is 9.78. The highest BCUT2D eigenvalue weighted by atomic mass is 19.4. The first kappa shape index (κ1) is 25.0. The van der Waals surface area contributed by atoms with E-state index in [9.17, 15) is 18.0 Å². The molecule has 0 atom stereocenters. The fourth-order valence-corrected chi connectivity index (χ4v) is 2.71. The van der Waals surface area contributed by atoms with Crippen molar-refractivity contribution in [2.45, 2.75) is 71.4 Å². The zero-order valence-electron chi connectivity index (χ0n) is 18.8. The van der Waals surface area contributed by atoms with Gasteiger partial charge in [0.15, 0.2) is 5.69 Å². The van der Waals surface area contributed by atoms with Crippen LogP contribution in [0.5, 0.6) is 0 Å². The van der Waals surface area contributed by atoms with E-state index in [0.717, 1.165) is 0 Å². The third-order valence-electron chi connectivity index (χ3n) is 4.95. The van der Waals surface area contributed by atoms with Crippen LogP contribution in [-0.2, 0) is 20.2 Å². The molecule has 0 aromatic carbocycles. The van der Waals surface area contributed by atoms with Gasteiger partial charge < -0.3 is 25.1 Å². The minimum absolute atomic E-state index is 0.159.